The molecular weight excluding hydrogens is 475 g/mol. The molecule has 0 aliphatic rings. The Kier molecular flexibility index (Phi) is 8.20. The predicted molar refractivity (Wildman–Crippen MR) is 131 cm³/mol. The second-order valence-electron chi connectivity index (χ2n) is 8.67. The van der Waals surface area contributed by atoms with Gasteiger partial charge in [0.2, 0.25) is 17.6 Å². The summed E-state index contributed by atoms with van der Waals surface area (Å²) in [6.07, 6.45) is 1.34. The van der Waals surface area contributed by atoms with Crippen molar-refractivity contribution >= 4 is 27.3 Å². The molecule has 12 heteroatoms. The van der Waals surface area contributed by atoms with Crippen LogP contribution >= 0.6 is 0 Å². The molecule has 0 aliphatic heterocycles. The number of nitrogens with two attached hydrogens (primary N) is 2. The molecule has 0 saturated heterocycles. The zero-order valence-corrected chi connectivity index (χ0v) is 20.3. The first kappa shape index (κ1) is 26.3. The summed E-state index contributed by atoms with van der Waals surface area (Å²) in [7, 11) is -3.88. The van der Waals surface area contributed by atoms with E-state index >= 15 is 0 Å². The number of carbonyl (C=O) groups is 1. The summed E-state index contributed by atoms with van der Waals surface area (Å²) in [6, 6.07) is 11.6. The number of amides is 1. The third-order valence-electron chi connectivity index (χ3n) is 5.24. The smallest absolute Gasteiger partial charge is 0.261 e. The van der Waals surface area contributed by atoms with Crippen molar-refractivity contribution in [3.63, 3.8) is 0 Å². The van der Waals surface area contributed by atoms with E-state index in [2.05, 4.69) is 20.2 Å². The minimum Gasteiger partial charge on any atom is -0.337 e. The molecule has 3 aromatic rings. The molecule has 1 amide bonds. The summed E-state index contributed by atoms with van der Waals surface area (Å²) in [5.74, 6) is 0.119. The maximum absolute atomic E-state index is 13.0. The lowest BCUT2D eigenvalue weighted by atomic mass is 9.94. The van der Waals surface area contributed by atoms with Crippen LogP contribution in [0.1, 0.15) is 38.6 Å². The summed E-state index contributed by atoms with van der Waals surface area (Å²) >= 11 is 0. The number of benzene rings is 2. The molecular formula is C23H29FN6O4S. The largest absolute Gasteiger partial charge is 0.337 e. The Hall–Kier alpha value is -3.35. The van der Waals surface area contributed by atoms with Crippen molar-refractivity contribution in [3.05, 3.63) is 54.4 Å². The first-order valence-electron chi connectivity index (χ1n) is 11.0. The number of anilines is 2. The van der Waals surface area contributed by atoms with Gasteiger partial charge < -0.3 is 21.3 Å². The van der Waals surface area contributed by atoms with E-state index in [4.69, 9.17) is 16.0 Å². The predicted octanol–water partition coefficient (Wildman–Crippen LogP) is 3.21. The van der Waals surface area contributed by atoms with Gasteiger partial charge in [-0.3, -0.25) is 9.52 Å². The molecule has 2 aromatic carbocycles. The van der Waals surface area contributed by atoms with Gasteiger partial charge in [0.25, 0.3) is 10.0 Å². The summed E-state index contributed by atoms with van der Waals surface area (Å²) < 4.78 is 46.2. The van der Waals surface area contributed by atoms with E-state index in [-0.39, 0.29) is 4.90 Å². The molecule has 0 spiro atoms. The Morgan fingerprint density at radius 3 is 2.34 bits per heavy atom. The zero-order valence-electron chi connectivity index (χ0n) is 19.5. The Balaban J connectivity index is 1.66. The molecule has 0 radical (unpaired) electrons. The van der Waals surface area contributed by atoms with Crippen LogP contribution in [0.3, 0.4) is 0 Å². The van der Waals surface area contributed by atoms with Gasteiger partial charge in [-0.25, -0.2) is 12.8 Å². The Morgan fingerprint density at radius 2 is 1.74 bits per heavy atom. The van der Waals surface area contributed by atoms with Gasteiger partial charge in [0.05, 0.1) is 16.4 Å². The van der Waals surface area contributed by atoms with Gasteiger partial charge in [-0.05, 0) is 81.8 Å². The average Bonchev–Trinajstić information content (AvgIpc) is 3.34. The summed E-state index contributed by atoms with van der Waals surface area (Å²) in [6.45, 7) is 2.70. The second-order valence-corrected chi connectivity index (χ2v) is 10.4. The van der Waals surface area contributed by atoms with Crippen LogP contribution in [0, 0.1) is 5.41 Å². The number of rotatable bonds is 11. The molecule has 1 heterocycles. The van der Waals surface area contributed by atoms with E-state index in [9.17, 15) is 17.6 Å². The van der Waals surface area contributed by atoms with Crippen molar-refractivity contribution in [2.75, 3.05) is 23.3 Å². The minimum absolute atomic E-state index is 0.0340. The number of nitrogens with one attached hydrogen (secondary N) is 2. The number of hydrogen-bond acceptors (Lipinski definition) is 8. The highest BCUT2D eigenvalue weighted by Gasteiger charge is 2.27. The van der Waals surface area contributed by atoms with Crippen LogP contribution in [0.4, 0.5) is 15.8 Å². The first-order valence-corrected chi connectivity index (χ1v) is 12.4. The standard InChI is InChI=1S/C23H29FN6O4S/c1-23(2,14-24)22(31)27-16-7-9-17(10-8-16)30-35(32,33)18-11-5-15(6-12-18)20-28-21(34-29-20)19(26)4-3-13-25/h5-12,19,30H,3-4,13-14,25-26H2,1-2H3,(H,27,31)/t19-/m0/s1. The fourth-order valence-electron chi connectivity index (χ4n) is 2.94. The van der Waals surface area contributed by atoms with Gasteiger partial charge in [0.15, 0.2) is 0 Å². The van der Waals surface area contributed by atoms with E-state index in [1.807, 2.05) is 0 Å². The average molecular weight is 505 g/mol. The van der Waals surface area contributed by atoms with E-state index in [1.165, 1.54) is 50.2 Å². The van der Waals surface area contributed by atoms with Crippen LogP contribution < -0.4 is 21.5 Å². The Labute approximate surface area is 203 Å². The van der Waals surface area contributed by atoms with E-state index < -0.39 is 34.1 Å². The number of hydrogen-bond donors (Lipinski definition) is 4. The molecule has 0 unspecified atom stereocenters. The molecule has 0 bridgehead atoms. The lowest BCUT2D eigenvalue weighted by Crippen LogP contribution is -2.32. The highest BCUT2D eigenvalue weighted by atomic mass is 32.2. The minimum atomic E-state index is -3.88. The number of aromatic nitrogens is 2. The molecule has 0 fully saturated rings. The first-order chi connectivity index (χ1) is 16.6. The van der Waals surface area contributed by atoms with Gasteiger partial charge in [-0.1, -0.05) is 5.16 Å². The molecule has 3 rings (SSSR count). The van der Waals surface area contributed by atoms with Crippen LogP contribution in [0.2, 0.25) is 0 Å². The van der Waals surface area contributed by atoms with E-state index in [0.717, 1.165) is 6.42 Å². The van der Waals surface area contributed by atoms with Crippen molar-refractivity contribution in [2.45, 2.75) is 37.6 Å². The van der Waals surface area contributed by atoms with Gasteiger partial charge >= 0.3 is 0 Å². The normalized spacial score (nSPS) is 12.8. The van der Waals surface area contributed by atoms with Crippen LogP contribution in [-0.2, 0) is 14.8 Å². The number of alkyl halides is 1. The molecule has 10 nitrogen and oxygen atoms in total. The summed E-state index contributed by atoms with van der Waals surface area (Å²) in [4.78, 5) is 16.4. The van der Waals surface area contributed by atoms with Gasteiger partial charge in [-0.2, -0.15) is 4.98 Å². The van der Waals surface area contributed by atoms with Crippen molar-refractivity contribution in [1.82, 2.24) is 10.1 Å². The fraction of sp³-hybridized carbons (Fsp3) is 0.348. The van der Waals surface area contributed by atoms with Crippen molar-refractivity contribution < 1.29 is 22.1 Å². The van der Waals surface area contributed by atoms with Crippen LogP contribution in [-0.4, -0.2) is 37.7 Å². The summed E-state index contributed by atoms with van der Waals surface area (Å²) in [5.41, 5.74) is 11.6. The number of halogens is 1. The van der Waals surface area contributed by atoms with Crippen LogP contribution in [0.15, 0.2) is 57.9 Å². The van der Waals surface area contributed by atoms with Gasteiger partial charge in [0.1, 0.15) is 6.67 Å². The van der Waals surface area contributed by atoms with Crippen molar-refractivity contribution in [3.8, 4) is 11.4 Å². The van der Waals surface area contributed by atoms with E-state index in [0.29, 0.717) is 41.6 Å². The van der Waals surface area contributed by atoms with Gasteiger partial charge in [0, 0.05) is 16.9 Å². The SMILES string of the molecule is CC(C)(CF)C(=O)Nc1ccc(NS(=O)(=O)c2ccc(-c3noc([C@@H](N)CCCN)n3)cc2)cc1. The number of nitrogens with zero attached hydrogens (tertiary/aromatic N) is 2. The Morgan fingerprint density at radius 1 is 1.11 bits per heavy atom. The van der Waals surface area contributed by atoms with Crippen molar-refractivity contribution in [1.29, 1.82) is 0 Å². The van der Waals surface area contributed by atoms with E-state index in [1.54, 1.807) is 12.1 Å². The highest BCUT2D eigenvalue weighted by molar-refractivity contribution is 7.92. The monoisotopic (exact) mass is 504 g/mol. The number of sulfonamides is 1. The molecule has 188 valence electrons. The van der Waals surface area contributed by atoms with Crippen molar-refractivity contribution in [2.24, 2.45) is 16.9 Å². The third-order valence-corrected chi connectivity index (χ3v) is 6.64. The molecule has 1 atom stereocenters. The summed E-state index contributed by atoms with van der Waals surface area (Å²) in [5, 5.41) is 6.52. The highest BCUT2D eigenvalue weighted by Crippen LogP contribution is 2.24. The molecule has 35 heavy (non-hydrogen) atoms. The topological polar surface area (TPSA) is 166 Å². The third kappa shape index (κ3) is 6.62. The maximum atomic E-state index is 13.0. The second kappa shape index (κ2) is 10.9. The molecule has 0 saturated carbocycles. The maximum Gasteiger partial charge on any atom is 0.261 e. The zero-order chi connectivity index (χ0) is 25.6. The van der Waals surface area contributed by atoms with Gasteiger partial charge in [-0.15, -0.1) is 0 Å². The molecule has 0 aliphatic carbocycles. The Bertz CT molecular complexity index is 1240. The number of carbonyl (C=O) groups excluding carboxylic acids is 1. The lowest BCUT2D eigenvalue weighted by Gasteiger charge is -2.19. The lowest BCUT2D eigenvalue weighted by molar-refractivity contribution is -0.124. The molecule has 1 aromatic heterocycles. The quantitative estimate of drug-likeness (QED) is 0.309. The van der Waals surface area contributed by atoms with Crippen LogP contribution in [0.5, 0.6) is 0 Å². The molecule has 6 N–H and O–H groups in total. The fourth-order valence-corrected chi connectivity index (χ4v) is 4.00. The van der Waals surface area contributed by atoms with Crippen LogP contribution in [0.25, 0.3) is 11.4 Å².